The van der Waals surface area contributed by atoms with Crippen molar-refractivity contribution >= 4 is 95.2 Å². The molecule has 0 bridgehead atoms. The summed E-state index contributed by atoms with van der Waals surface area (Å²) in [4.78, 5) is 10.1. The van der Waals surface area contributed by atoms with Gasteiger partial charge in [-0.15, -0.1) is 0 Å². The molecule has 2 unspecified atom stereocenters. The minimum Gasteiger partial charge on any atom is -0.481 e. The van der Waals surface area contributed by atoms with Crippen LogP contribution in [0.2, 0.25) is 0 Å². The van der Waals surface area contributed by atoms with Crippen molar-refractivity contribution in [1.82, 2.24) is 0 Å². The van der Waals surface area contributed by atoms with Gasteiger partial charge in [0.1, 0.15) is 16.3 Å². The van der Waals surface area contributed by atoms with E-state index in [4.69, 9.17) is 4.74 Å². The van der Waals surface area contributed by atoms with E-state index in [1.165, 1.54) is 19.2 Å². The number of fused-ring (bicyclic) bond motifs is 6. The summed E-state index contributed by atoms with van der Waals surface area (Å²) in [6.45, 7) is 4.39. The molecule has 20 nitrogen and oxygen atoms in total. The van der Waals surface area contributed by atoms with Crippen LogP contribution in [0, 0.1) is 0 Å². The van der Waals surface area contributed by atoms with Crippen LogP contribution in [0.25, 0.3) is 21.5 Å². The molecule has 4 aromatic carbocycles. The number of likely N-dealkylation sites (N-methyl/N-ethyl adjacent to an activating group) is 1. The molecule has 25 heteroatoms. The molecule has 2 aliphatic rings. The van der Waals surface area contributed by atoms with Gasteiger partial charge in [0.15, 0.2) is 5.71 Å². The number of unbranched alkanes of at least 4 members (excludes halogenated alkanes) is 2. The van der Waals surface area contributed by atoms with Crippen molar-refractivity contribution in [3.8, 4) is 0 Å². The van der Waals surface area contributed by atoms with Gasteiger partial charge in [0.05, 0.1) is 21.0 Å². The fraction of sp³-hybridized carbons (Fsp3) is 0.364. The summed E-state index contributed by atoms with van der Waals surface area (Å²) in [5.74, 6) is -2.21. The molecule has 2 atom stereocenters. The zero-order valence-electron chi connectivity index (χ0n) is 37.4. The van der Waals surface area contributed by atoms with Gasteiger partial charge in [0.2, 0.25) is 5.69 Å². The van der Waals surface area contributed by atoms with E-state index >= 15 is 0 Å². The van der Waals surface area contributed by atoms with Gasteiger partial charge in [-0.1, -0.05) is 24.3 Å². The van der Waals surface area contributed by atoms with Gasteiger partial charge in [0, 0.05) is 78.9 Å². The molecule has 2 heterocycles. The minimum absolute atomic E-state index is 0.00773. The lowest BCUT2D eigenvalue weighted by molar-refractivity contribution is -0.438. The number of allylic oxidation sites excluding steroid dienone is 6. The Balaban J connectivity index is 1.52. The summed E-state index contributed by atoms with van der Waals surface area (Å²) in [7, 11) is -23.1. The van der Waals surface area contributed by atoms with E-state index in [-0.39, 0.29) is 54.0 Å². The van der Waals surface area contributed by atoms with Crippen LogP contribution in [-0.4, -0.2) is 119 Å². The Kier molecular flexibility index (Phi) is 15.5. The van der Waals surface area contributed by atoms with Crippen molar-refractivity contribution in [3.05, 3.63) is 95.7 Å². The molecule has 0 spiro atoms. The molecule has 4 aromatic rings. The van der Waals surface area contributed by atoms with E-state index < -0.39 is 93.2 Å². The molecule has 374 valence electrons. The van der Waals surface area contributed by atoms with Crippen LogP contribution in [0.15, 0.2) is 104 Å². The third-order valence-electron chi connectivity index (χ3n) is 12.3. The van der Waals surface area contributed by atoms with Crippen LogP contribution in [0.5, 0.6) is 0 Å². The van der Waals surface area contributed by atoms with Gasteiger partial charge < -0.3 is 14.7 Å². The minimum atomic E-state index is -5.11. The highest BCUT2D eigenvalue weighted by Crippen LogP contribution is 2.51. The van der Waals surface area contributed by atoms with Crippen LogP contribution in [0.4, 0.5) is 11.4 Å². The SMILES string of the molecule is CCN1C(=CC=CC=CC2=[N+](CCCCCC(=O)O)c3ccc4c(S(=O)(=O)O)cc(S(=O)(=O)O)cc4c3C2(C)CCCS(=O)(=O)O)C(CCOC)c2c1ccc1c(S(=O)(=O)O)cc(S(=O)(=O)O)cc21. The first-order chi connectivity index (χ1) is 32.0. The number of carbonyl (C=O) groups is 1. The Morgan fingerprint density at radius 2 is 1.33 bits per heavy atom. The number of nitrogens with zero attached hydrogens (tertiary/aromatic N) is 2. The average Bonchev–Trinajstić information content (AvgIpc) is 3.67. The molecule has 0 aliphatic carbocycles. The topological polar surface area (TPSA) is 325 Å². The van der Waals surface area contributed by atoms with Gasteiger partial charge in [-0.25, -0.2) is 0 Å². The molecule has 2 aliphatic heterocycles. The summed E-state index contributed by atoms with van der Waals surface area (Å²) in [5, 5.41) is 9.28. The molecular formula is C44H51N2O18S5+. The van der Waals surface area contributed by atoms with Gasteiger partial charge in [0.25, 0.3) is 50.6 Å². The lowest BCUT2D eigenvalue weighted by Gasteiger charge is -2.24. The van der Waals surface area contributed by atoms with Gasteiger partial charge in [-0.05, 0) is 105 Å². The maximum Gasteiger partial charge on any atom is 0.303 e. The van der Waals surface area contributed by atoms with Crippen LogP contribution in [-0.2, 0) is 65.5 Å². The third kappa shape index (κ3) is 11.5. The zero-order valence-corrected chi connectivity index (χ0v) is 41.5. The molecule has 6 rings (SSSR count). The fourth-order valence-electron chi connectivity index (χ4n) is 9.46. The number of carboxylic acids is 1. The fourth-order valence-corrected chi connectivity index (χ4v) is 12.7. The maximum absolute atomic E-state index is 12.7. The Labute approximate surface area is 400 Å². The van der Waals surface area contributed by atoms with Crippen molar-refractivity contribution in [2.75, 3.05) is 37.5 Å². The van der Waals surface area contributed by atoms with Crippen LogP contribution >= 0.6 is 0 Å². The van der Waals surface area contributed by atoms with E-state index in [2.05, 4.69) is 0 Å². The van der Waals surface area contributed by atoms with E-state index in [1.807, 2.05) is 16.4 Å². The molecule has 0 amide bonds. The quantitative estimate of drug-likeness (QED) is 0.0230. The van der Waals surface area contributed by atoms with E-state index in [1.54, 1.807) is 49.4 Å². The largest absolute Gasteiger partial charge is 0.481 e. The van der Waals surface area contributed by atoms with E-state index in [0.29, 0.717) is 78.3 Å². The second-order valence-corrected chi connectivity index (χ2v) is 24.0. The van der Waals surface area contributed by atoms with Crippen molar-refractivity contribution < 1.29 is 84.1 Å². The Hall–Kier alpha value is -4.93. The molecule has 6 N–H and O–H groups in total. The smallest absolute Gasteiger partial charge is 0.303 e. The van der Waals surface area contributed by atoms with Crippen molar-refractivity contribution in [1.29, 1.82) is 0 Å². The predicted molar refractivity (Wildman–Crippen MR) is 255 cm³/mol. The summed E-state index contributed by atoms with van der Waals surface area (Å²) in [6, 6.07) is 9.48. The number of hydrogen-bond donors (Lipinski definition) is 6. The van der Waals surface area contributed by atoms with Crippen LogP contribution in [0.1, 0.15) is 75.8 Å². The Morgan fingerprint density at radius 1 is 0.739 bits per heavy atom. The summed E-state index contributed by atoms with van der Waals surface area (Å²) in [5.41, 5.74) is 1.73. The van der Waals surface area contributed by atoms with Crippen molar-refractivity contribution in [2.24, 2.45) is 0 Å². The molecule has 0 fully saturated rings. The number of aliphatic carboxylic acids is 1. The lowest BCUT2D eigenvalue weighted by atomic mass is 9.74. The van der Waals surface area contributed by atoms with Crippen molar-refractivity contribution in [3.63, 3.8) is 0 Å². The van der Waals surface area contributed by atoms with Crippen molar-refractivity contribution in [2.45, 2.75) is 89.7 Å². The number of anilines is 1. The highest BCUT2D eigenvalue weighted by Gasteiger charge is 2.49. The van der Waals surface area contributed by atoms with E-state index in [9.17, 15) is 74.8 Å². The standard InChI is InChI=1S/C44H50N2O18S5/c1-4-45-35(32(19-22-64-3)42-33-24-28(66(52,53)54)26-38(68(58,59)60)30(33)15-17-36(42)45)12-7-5-8-13-40-44(2,20-11-23-65(49,50)51)43-34-25-29(67(55,56)57)27-39(69(61,62)63)31(34)16-18-37(43)46(40)21-10-6-9-14-41(47)48/h5,7-8,12-13,15-18,24-27,32H,4,6,9-11,14,19-23H2,1-3H3,(H5-,47,48,49,50,51,52,53,54,55,56,57,58,59,60,61,62,63)/p+1. The molecule has 0 saturated carbocycles. The molecule has 69 heavy (non-hydrogen) atoms. The molecule has 0 saturated heterocycles. The van der Waals surface area contributed by atoms with Gasteiger partial charge in [-0.2, -0.15) is 46.7 Å². The first kappa shape index (κ1) is 53.4. The van der Waals surface area contributed by atoms with E-state index in [0.717, 1.165) is 12.1 Å². The number of methoxy groups -OCH3 is 1. The number of ether oxygens (including phenoxy) is 1. The third-order valence-corrected chi connectivity index (χ3v) is 16.6. The summed E-state index contributed by atoms with van der Waals surface area (Å²) >= 11 is 0. The summed E-state index contributed by atoms with van der Waals surface area (Å²) in [6.07, 6.45) is 9.74. The van der Waals surface area contributed by atoms with Crippen LogP contribution < -0.4 is 4.90 Å². The highest BCUT2D eigenvalue weighted by atomic mass is 32.2. The second kappa shape index (κ2) is 20.1. The average molecular weight is 1060 g/mol. The number of rotatable bonds is 21. The van der Waals surface area contributed by atoms with Gasteiger partial charge >= 0.3 is 5.97 Å². The number of benzene rings is 4. The number of hydrogen-bond acceptors (Lipinski definition) is 13. The zero-order chi connectivity index (χ0) is 51.1. The maximum atomic E-state index is 12.7. The Morgan fingerprint density at radius 3 is 1.88 bits per heavy atom. The molecule has 0 aromatic heterocycles. The monoisotopic (exact) mass is 1060 g/mol. The lowest BCUT2D eigenvalue weighted by Crippen LogP contribution is -2.32. The first-order valence-corrected chi connectivity index (χ1v) is 28.6. The first-order valence-electron chi connectivity index (χ1n) is 21.3. The predicted octanol–water partition coefficient (Wildman–Crippen LogP) is 6.31. The molecular weight excluding hydrogens is 1000 g/mol. The van der Waals surface area contributed by atoms with Gasteiger partial charge in [-0.3, -0.25) is 27.6 Å². The number of carboxylic acid groups (broad SMARTS) is 1. The normalized spacial score (nSPS) is 18.7. The Bertz CT molecular complexity index is 3460. The second-order valence-electron chi connectivity index (χ2n) is 16.8. The van der Waals surface area contributed by atoms with Crippen LogP contribution in [0.3, 0.4) is 0 Å². The molecule has 0 radical (unpaired) electrons. The highest BCUT2D eigenvalue weighted by molar-refractivity contribution is 7.87. The summed E-state index contributed by atoms with van der Waals surface area (Å²) < 4.78 is 182.